The lowest BCUT2D eigenvalue weighted by Crippen LogP contribution is -2.38. The second-order valence-electron chi connectivity index (χ2n) is 4.92. The molecule has 1 rings (SSSR count). The third kappa shape index (κ3) is 9.58. The van der Waals surface area contributed by atoms with Crippen LogP contribution in [0.3, 0.4) is 0 Å². The fourth-order valence-corrected chi connectivity index (χ4v) is 2.11. The van der Waals surface area contributed by atoms with Crippen molar-refractivity contribution in [2.45, 2.75) is 45.4 Å². The normalized spacial score (nSPS) is 15.3. The molecule has 0 fully saturated rings. The predicted octanol–water partition coefficient (Wildman–Crippen LogP) is 3.09. The van der Waals surface area contributed by atoms with Gasteiger partial charge in [0.05, 0.1) is 13.2 Å². The molecule has 2 N–H and O–H groups in total. The number of ether oxygens (including phenoxy) is 1. The molecule has 0 unspecified atom stereocenters. The van der Waals surface area contributed by atoms with Crippen LogP contribution in [0.4, 0.5) is 0 Å². The number of guanidine groups is 1. The first-order valence-electron chi connectivity index (χ1n) is 7.57. The van der Waals surface area contributed by atoms with Crippen molar-refractivity contribution in [3.05, 3.63) is 11.6 Å². The Kier molecular flexibility index (Phi) is 13.5. The molecule has 5 heteroatoms. The zero-order chi connectivity index (χ0) is 13.8. The van der Waals surface area contributed by atoms with Crippen molar-refractivity contribution in [3.8, 4) is 0 Å². The second-order valence-corrected chi connectivity index (χ2v) is 4.92. The SMILES string of the molecule is CCCCCCNC(=NC)NCCC1=CCOCC1.I. The maximum Gasteiger partial charge on any atom is 0.190 e. The van der Waals surface area contributed by atoms with Crippen molar-refractivity contribution in [1.29, 1.82) is 0 Å². The number of hydrogen-bond acceptors (Lipinski definition) is 2. The smallest absolute Gasteiger partial charge is 0.190 e. The minimum atomic E-state index is 0. The van der Waals surface area contributed by atoms with Crippen LogP contribution in [0.1, 0.15) is 45.4 Å². The standard InChI is InChI=1S/C15H29N3O.HI/c1-3-4-5-6-10-17-15(16-2)18-11-7-14-8-12-19-13-9-14;/h8H,3-7,9-13H2,1-2H3,(H2,16,17,18);1H. The average molecular weight is 395 g/mol. The van der Waals surface area contributed by atoms with Crippen LogP contribution in [0.2, 0.25) is 0 Å². The highest BCUT2D eigenvalue weighted by Gasteiger charge is 2.03. The fourth-order valence-electron chi connectivity index (χ4n) is 2.11. The minimum absolute atomic E-state index is 0. The first-order chi connectivity index (χ1) is 9.36. The van der Waals surface area contributed by atoms with Crippen LogP contribution in [0.5, 0.6) is 0 Å². The number of rotatable bonds is 8. The number of halogens is 1. The molecule has 0 aromatic carbocycles. The van der Waals surface area contributed by atoms with E-state index in [9.17, 15) is 0 Å². The molecular formula is C15H30IN3O. The molecule has 0 aromatic rings. The molecule has 1 aliphatic rings. The lowest BCUT2D eigenvalue weighted by molar-refractivity contribution is 0.153. The Hall–Kier alpha value is -0.300. The van der Waals surface area contributed by atoms with Crippen molar-refractivity contribution in [2.75, 3.05) is 33.4 Å². The van der Waals surface area contributed by atoms with Crippen LogP contribution in [-0.2, 0) is 4.74 Å². The quantitative estimate of drug-likeness (QED) is 0.218. The Morgan fingerprint density at radius 1 is 1.25 bits per heavy atom. The van der Waals surface area contributed by atoms with E-state index in [1.165, 1.54) is 31.3 Å². The predicted molar refractivity (Wildman–Crippen MR) is 97.1 cm³/mol. The Morgan fingerprint density at radius 3 is 2.70 bits per heavy atom. The van der Waals surface area contributed by atoms with Gasteiger partial charge in [-0.05, 0) is 19.3 Å². The van der Waals surface area contributed by atoms with Gasteiger partial charge in [0.2, 0.25) is 0 Å². The van der Waals surface area contributed by atoms with E-state index >= 15 is 0 Å². The van der Waals surface area contributed by atoms with Crippen LogP contribution in [-0.4, -0.2) is 39.3 Å². The summed E-state index contributed by atoms with van der Waals surface area (Å²) in [6, 6.07) is 0. The molecule has 1 aliphatic heterocycles. The summed E-state index contributed by atoms with van der Waals surface area (Å²) in [5, 5.41) is 6.73. The minimum Gasteiger partial charge on any atom is -0.377 e. The summed E-state index contributed by atoms with van der Waals surface area (Å²) < 4.78 is 5.30. The molecule has 0 aliphatic carbocycles. The summed E-state index contributed by atoms with van der Waals surface area (Å²) in [6.07, 6.45) is 9.48. The van der Waals surface area contributed by atoms with Crippen molar-refractivity contribution in [1.82, 2.24) is 10.6 Å². The first-order valence-corrected chi connectivity index (χ1v) is 7.57. The highest BCUT2D eigenvalue weighted by Crippen LogP contribution is 2.10. The summed E-state index contributed by atoms with van der Waals surface area (Å²) in [7, 11) is 1.83. The Bertz CT molecular complexity index is 293. The Labute approximate surface area is 140 Å². The van der Waals surface area contributed by atoms with Gasteiger partial charge < -0.3 is 15.4 Å². The molecule has 0 aromatic heterocycles. The van der Waals surface area contributed by atoms with Crippen molar-refractivity contribution < 1.29 is 4.74 Å². The molecule has 0 saturated carbocycles. The van der Waals surface area contributed by atoms with Gasteiger partial charge in [-0.15, -0.1) is 24.0 Å². The molecule has 118 valence electrons. The summed E-state index contributed by atoms with van der Waals surface area (Å²) in [4.78, 5) is 4.24. The van der Waals surface area contributed by atoms with E-state index in [4.69, 9.17) is 4.74 Å². The number of aliphatic imine (C=N–C) groups is 1. The second kappa shape index (κ2) is 13.7. The fraction of sp³-hybridized carbons (Fsp3) is 0.800. The van der Waals surface area contributed by atoms with E-state index in [2.05, 4.69) is 28.6 Å². The maximum absolute atomic E-state index is 5.30. The first kappa shape index (κ1) is 19.7. The van der Waals surface area contributed by atoms with Crippen molar-refractivity contribution in [2.24, 2.45) is 4.99 Å². The lowest BCUT2D eigenvalue weighted by Gasteiger charge is -2.15. The molecule has 0 bridgehead atoms. The molecule has 1 heterocycles. The highest BCUT2D eigenvalue weighted by molar-refractivity contribution is 14.0. The molecule has 0 radical (unpaired) electrons. The van der Waals surface area contributed by atoms with Crippen LogP contribution < -0.4 is 10.6 Å². The van der Waals surface area contributed by atoms with E-state index in [-0.39, 0.29) is 24.0 Å². The van der Waals surface area contributed by atoms with E-state index in [1.54, 1.807) is 0 Å². The average Bonchev–Trinajstić information content (AvgIpc) is 2.46. The van der Waals surface area contributed by atoms with Gasteiger partial charge in [-0.2, -0.15) is 0 Å². The highest BCUT2D eigenvalue weighted by atomic mass is 127. The van der Waals surface area contributed by atoms with Crippen LogP contribution in [0.25, 0.3) is 0 Å². The van der Waals surface area contributed by atoms with Gasteiger partial charge in [-0.25, -0.2) is 0 Å². The summed E-state index contributed by atoms with van der Waals surface area (Å²) in [5.74, 6) is 0.921. The van der Waals surface area contributed by atoms with Gasteiger partial charge in [0, 0.05) is 20.1 Å². The number of nitrogens with one attached hydrogen (secondary N) is 2. The largest absolute Gasteiger partial charge is 0.377 e. The van der Waals surface area contributed by atoms with Gasteiger partial charge in [-0.1, -0.05) is 37.8 Å². The third-order valence-corrected chi connectivity index (χ3v) is 3.34. The molecular weight excluding hydrogens is 365 g/mol. The topological polar surface area (TPSA) is 45.7 Å². The molecule has 4 nitrogen and oxygen atoms in total. The van der Waals surface area contributed by atoms with E-state index < -0.39 is 0 Å². The Balaban J connectivity index is 0.00000361. The van der Waals surface area contributed by atoms with Crippen LogP contribution in [0, 0.1) is 0 Å². The van der Waals surface area contributed by atoms with Gasteiger partial charge in [0.1, 0.15) is 0 Å². The molecule has 20 heavy (non-hydrogen) atoms. The molecule has 0 amide bonds. The summed E-state index contributed by atoms with van der Waals surface area (Å²) >= 11 is 0. The van der Waals surface area contributed by atoms with Crippen LogP contribution in [0.15, 0.2) is 16.6 Å². The number of nitrogens with zero attached hydrogens (tertiary/aromatic N) is 1. The maximum atomic E-state index is 5.30. The number of unbranched alkanes of at least 4 members (excludes halogenated alkanes) is 3. The van der Waals surface area contributed by atoms with Gasteiger partial charge >= 0.3 is 0 Å². The monoisotopic (exact) mass is 395 g/mol. The van der Waals surface area contributed by atoms with E-state index in [0.29, 0.717) is 0 Å². The van der Waals surface area contributed by atoms with Crippen molar-refractivity contribution >= 4 is 29.9 Å². The third-order valence-electron chi connectivity index (χ3n) is 3.34. The lowest BCUT2D eigenvalue weighted by atomic mass is 10.1. The zero-order valence-corrected chi connectivity index (χ0v) is 15.2. The van der Waals surface area contributed by atoms with E-state index in [0.717, 1.165) is 45.1 Å². The van der Waals surface area contributed by atoms with Gasteiger partial charge in [0.25, 0.3) is 0 Å². The molecule has 0 atom stereocenters. The van der Waals surface area contributed by atoms with Gasteiger partial charge in [-0.3, -0.25) is 4.99 Å². The molecule has 0 spiro atoms. The van der Waals surface area contributed by atoms with Crippen molar-refractivity contribution in [3.63, 3.8) is 0 Å². The summed E-state index contributed by atoms with van der Waals surface area (Å²) in [6.45, 7) is 5.84. The Morgan fingerprint density at radius 2 is 2.05 bits per heavy atom. The number of hydrogen-bond donors (Lipinski definition) is 2. The van der Waals surface area contributed by atoms with E-state index in [1.807, 2.05) is 7.05 Å². The molecule has 0 saturated heterocycles. The van der Waals surface area contributed by atoms with Crippen LogP contribution >= 0.6 is 24.0 Å². The summed E-state index contributed by atoms with van der Waals surface area (Å²) in [5.41, 5.74) is 1.50. The zero-order valence-electron chi connectivity index (χ0n) is 12.9. The van der Waals surface area contributed by atoms with Gasteiger partial charge in [0.15, 0.2) is 5.96 Å².